The van der Waals surface area contributed by atoms with E-state index in [1.807, 2.05) is 0 Å². The summed E-state index contributed by atoms with van der Waals surface area (Å²) in [6, 6.07) is 6.57. The van der Waals surface area contributed by atoms with Crippen LogP contribution in [0.25, 0.3) is 5.69 Å². The van der Waals surface area contributed by atoms with Crippen LogP contribution in [0, 0.1) is 12.8 Å². The van der Waals surface area contributed by atoms with Crippen LogP contribution in [0.4, 0.5) is 19.0 Å². The second kappa shape index (κ2) is 7.67. The largest absolute Gasteiger partial charge is 0.418 e. The first-order valence-corrected chi connectivity index (χ1v) is 6.98. The molecular weight excluding hydrogens is 345 g/mol. The van der Waals surface area contributed by atoms with E-state index in [9.17, 15) is 18.0 Å². The van der Waals surface area contributed by atoms with Gasteiger partial charge in [-0.25, -0.2) is 4.68 Å². The number of benzene rings is 1. The monoisotopic (exact) mass is 362 g/mol. The molecular formula is C15H18ClF3N4O. The summed E-state index contributed by atoms with van der Waals surface area (Å²) in [6.45, 7) is 3.40. The summed E-state index contributed by atoms with van der Waals surface area (Å²) in [5.41, 5.74) is 4.94. The number of carbonyl (C=O) groups is 1. The molecule has 0 aliphatic carbocycles. The molecule has 0 bridgehead atoms. The minimum absolute atomic E-state index is 0. The van der Waals surface area contributed by atoms with Gasteiger partial charge in [-0.2, -0.15) is 18.3 Å². The number of para-hydroxylation sites is 1. The van der Waals surface area contributed by atoms with Crippen molar-refractivity contribution in [3.05, 3.63) is 41.6 Å². The Labute approximate surface area is 143 Å². The van der Waals surface area contributed by atoms with Crippen LogP contribution in [-0.4, -0.2) is 22.2 Å². The third-order valence-corrected chi connectivity index (χ3v) is 3.32. The van der Waals surface area contributed by atoms with E-state index < -0.39 is 17.7 Å². The van der Waals surface area contributed by atoms with E-state index in [4.69, 9.17) is 5.73 Å². The lowest BCUT2D eigenvalue weighted by Crippen LogP contribution is -2.27. The lowest BCUT2D eigenvalue weighted by atomic mass is 10.1. The molecule has 1 atom stereocenters. The predicted molar refractivity (Wildman–Crippen MR) is 87.4 cm³/mol. The summed E-state index contributed by atoms with van der Waals surface area (Å²) in [6.07, 6.45) is -4.53. The smallest absolute Gasteiger partial charge is 0.330 e. The van der Waals surface area contributed by atoms with Crippen LogP contribution in [-0.2, 0) is 11.0 Å². The van der Waals surface area contributed by atoms with Crippen LogP contribution < -0.4 is 11.1 Å². The van der Waals surface area contributed by atoms with Crippen LogP contribution in [0.15, 0.2) is 30.3 Å². The van der Waals surface area contributed by atoms with Gasteiger partial charge in [0.25, 0.3) is 0 Å². The van der Waals surface area contributed by atoms with E-state index in [1.54, 1.807) is 13.8 Å². The topological polar surface area (TPSA) is 72.9 Å². The SMILES string of the molecule is Cc1cc(NC(=O)C(C)CN)n(-c2ccccc2C(F)(F)F)n1.Cl. The fourth-order valence-electron chi connectivity index (χ4n) is 2.03. The number of nitrogens with two attached hydrogens (primary N) is 1. The second-order valence-electron chi connectivity index (χ2n) is 5.22. The quantitative estimate of drug-likeness (QED) is 0.877. The Bertz CT molecular complexity index is 715. The third kappa shape index (κ3) is 4.27. The molecule has 1 amide bonds. The number of rotatable bonds is 4. The average molecular weight is 363 g/mol. The number of alkyl halides is 3. The van der Waals surface area contributed by atoms with Gasteiger partial charge in [0.05, 0.1) is 16.9 Å². The molecule has 5 nitrogen and oxygen atoms in total. The molecule has 2 aromatic rings. The zero-order chi connectivity index (χ0) is 17.2. The number of nitrogens with zero attached hydrogens (tertiary/aromatic N) is 2. The number of aromatic nitrogens is 2. The highest BCUT2D eigenvalue weighted by molar-refractivity contribution is 5.92. The number of halogens is 4. The van der Waals surface area contributed by atoms with Gasteiger partial charge in [-0.05, 0) is 19.1 Å². The number of nitrogens with one attached hydrogen (secondary N) is 1. The van der Waals surface area contributed by atoms with Crippen LogP contribution >= 0.6 is 12.4 Å². The van der Waals surface area contributed by atoms with E-state index in [0.29, 0.717) is 5.69 Å². The maximum Gasteiger partial charge on any atom is 0.418 e. The van der Waals surface area contributed by atoms with Gasteiger partial charge in [0.2, 0.25) is 5.91 Å². The Kier molecular flexibility index (Phi) is 6.39. The summed E-state index contributed by atoms with van der Waals surface area (Å²) in [4.78, 5) is 12.0. The highest BCUT2D eigenvalue weighted by Crippen LogP contribution is 2.34. The van der Waals surface area contributed by atoms with Crippen molar-refractivity contribution in [3.8, 4) is 5.69 Å². The van der Waals surface area contributed by atoms with Gasteiger partial charge in [0.15, 0.2) is 0 Å². The number of amides is 1. The van der Waals surface area contributed by atoms with Gasteiger partial charge in [0, 0.05) is 18.5 Å². The molecule has 0 fully saturated rings. The zero-order valence-corrected chi connectivity index (χ0v) is 13.9. The van der Waals surface area contributed by atoms with E-state index in [0.717, 1.165) is 10.7 Å². The van der Waals surface area contributed by atoms with Crippen molar-refractivity contribution in [2.45, 2.75) is 20.0 Å². The first-order chi connectivity index (χ1) is 10.7. The first-order valence-electron chi connectivity index (χ1n) is 6.98. The number of anilines is 1. The van der Waals surface area contributed by atoms with Gasteiger partial charge in [-0.15, -0.1) is 12.4 Å². The van der Waals surface area contributed by atoms with Gasteiger partial charge >= 0.3 is 6.18 Å². The van der Waals surface area contributed by atoms with Gasteiger partial charge in [0.1, 0.15) is 5.82 Å². The average Bonchev–Trinajstić information content (AvgIpc) is 2.85. The van der Waals surface area contributed by atoms with Crippen molar-refractivity contribution in [1.29, 1.82) is 0 Å². The van der Waals surface area contributed by atoms with E-state index in [-0.39, 0.29) is 36.4 Å². The number of hydrogen-bond donors (Lipinski definition) is 2. The number of carbonyl (C=O) groups excluding carboxylic acids is 1. The van der Waals surface area contributed by atoms with Crippen molar-refractivity contribution in [3.63, 3.8) is 0 Å². The Morgan fingerprint density at radius 2 is 2.00 bits per heavy atom. The molecule has 0 aliphatic heterocycles. The van der Waals surface area contributed by atoms with Crippen molar-refractivity contribution in [1.82, 2.24) is 9.78 Å². The van der Waals surface area contributed by atoms with Crippen LogP contribution in [0.2, 0.25) is 0 Å². The predicted octanol–water partition coefficient (Wildman–Crippen LogP) is 3.15. The molecule has 0 radical (unpaired) electrons. The lowest BCUT2D eigenvalue weighted by molar-refractivity contribution is -0.137. The lowest BCUT2D eigenvalue weighted by Gasteiger charge is -2.16. The molecule has 0 aliphatic rings. The van der Waals surface area contributed by atoms with Crippen LogP contribution in [0.1, 0.15) is 18.2 Å². The molecule has 0 saturated carbocycles. The molecule has 0 spiro atoms. The van der Waals surface area contributed by atoms with E-state index >= 15 is 0 Å². The van der Waals surface area contributed by atoms with Crippen molar-refractivity contribution >= 4 is 24.1 Å². The Morgan fingerprint density at radius 1 is 1.38 bits per heavy atom. The molecule has 0 saturated heterocycles. The molecule has 1 aromatic heterocycles. The molecule has 132 valence electrons. The summed E-state index contributed by atoms with van der Waals surface area (Å²) >= 11 is 0. The van der Waals surface area contributed by atoms with Gasteiger partial charge in [-0.1, -0.05) is 19.1 Å². The zero-order valence-electron chi connectivity index (χ0n) is 13.1. The minimum Gasteiger partial charge on any atom is -0.330 e. The number of hydrogen-bond acceptors (Lipinski definition) is 3. The Hall–Kier alpha value is -2.06. The number of aryl methyl sites for hydroxylation is 1. The Morgan fingerprint density at radius 3 is 2.58 bits per heavy atom. The standard InChI is InChI=1S/C15H17F3N4O.ClH/c1-9(8-19)14(23)20-13-7-10(2)21-22(13)12-6-4-3-5-11(12)15(16,17)18;/h3-7,9H,8,19H2,1-2H3,(H,20,23);1H. The minimum atomic E-state index is -4.53. The van der Waals surface area contributed by atoms with Crippen LogP contribution in [0.5, 0.6) is 0 Å². The molecule has 1 unspecified atom stereocenters. The van der Waals surface area contributed by atoms with Gasteiger partial charge in [-0.3, -0.25) is 4.79 Å². The van der Waals surface area contributed by atoms with Crippen molar-refractivity contribution in [2.24, 2.45) is 11.7 Å². The maximum absolute atomic E-state index is 13.2. The van der Waals surface area contributed by atoms with Crippen molar-refractivity contribution in [2.75, 3.05) is 11.9 Å². The van der Waals surface area contributed by atoms with E-state index in [1.165, 1.54) is 24.3 Å². The molecule has 3 N–H and O–H groups in total. The van der Waals surface area contributed by atoms with E-state index in [2.05, 4.69) is 10.4 Å². The second-order valence-corrected chi connectivity index (χ2v) is 5.22. The Balaban J connectivity index is 0.00000288. The summed E-state index contributed by atoms with van der Waals surface area (Å²) in [5.74, 6) is -0.667. The first kappa shape index (κ1) is 20.0. The molecule has 1 aromatic carbocycles. The molecule has 9 heteroatoms. The third-order valence-electron chi connectivity index (χ3n) is 3.32. The molecule has 2 rings (SSSR count). The summed E-state index contributed by atoms with van der Waals surface area (Å²) in [5, 5.41) is 6.64. The molecule has 24 heavy (non-hydrogen) atoms. The summed E-state index contributed by atoms with van der Waals surface area (Å²) in [7, 11) is 0. The highest BCUT2D eigenvalue weighted by atomic mass is 35.5. The fraction of sp³-hybridized carbons (Fsp3) is 0.333. The van der Waals surface area contributed by atoms with Gasteiger partial charge < -0.3 is 11.1 Å². The fourth-order valence-corrected chi connectivity index (χ4v) is 2.03. The molecule has 1 heterocycles. The van der Waals surface area contributed by atoms with Crippen molar-refractivity contribution < 1.29 is 18.0 Å². The normalized spacial score (nSPS) is 12.4. The van der Waals surface area contributed by atoms with Crippen LogP contribution in [0.3, 0.4) is 0 Å². The summed E-state index contributed by atoms with van der Waals surface area (Å²) < 4.78 is 40.6. The highest BCUT2D eigenvalue weighted by Gasteiger charge is 2.34. The maximum atomic E-state index is 13.2.